The quantitative estimate of drug-likeness (QED) is 0.317. The zero-order valence-electron chi connectivity index (χ0n) is 20.9. The molecule has 10 heteroatoms. The van der Waals surface area contributed by atoms with Gasteiger partial charge in [-0.3, -0.25) is 4.31 Å². The molecule has 0 bridgehead atoms. The lowest BCUT2D eigenvalue weighted by atomic mass is 9.96. The molecule has 0 aromatic heterocycles. The summed E-state index contributed by atoms with van der Waals surface area (Å²) in [6, 6.07) is 14.0. The summed E-state index contributed by atoms with van der Waals surface area (Å²) in [5.74, 6) is -1.70. The molecule has 0 radical (unpaired) electrons. The van der Waals surface area contributed by atoms with Crippen LogP contribution in [0.4, 0.5) is 19.3 Å². The Morgan fingerprint density at radius 3 is 2.45 bits per heavy atom. The SMILES string of the molecule is C[C@H](c1ccccc1COC(=O)NC1CCCCC1)N(c1cc(F)ccc1F)S(=O)(=O)c1ccc(Cl)cc1. The molecule has 0 heterocycles. The number of halogens is 3. The Morgan fingerprint density at radius 2 is 1.74 bits per heavy atom. The molecule has 1 aliphatic rings. The van der Waals surface area contributed by atoms with E-state index in [2.05, 4.69) is 5.32 Å². The van der Waals surface area contributed by atoms with E-state index in [4.69, 9.17) is 16.3 Å². The van der Waals surface area contributed by atoms with Crippen molar-refractivity contribution in [3.8, 4) is 0 Å². The van der Waals surface area contributed by atoms with Crippen LogP contribution >= 0.6 is 11.6 Å². The highest BCUT2D eigenvalue weighted by molar-refractivity contribution is 7.92. The van der Waals surface area contributed by atoms with Gasteiger partial charge >= 0.3 is 6.09 Å². The first-order chi connectivity index (χ1) is 18.2. The number of carbonyl (C=O) groups is 1. The van der Waals surface area contributed by atoms with Crippen LogP contribution < -0.4 is 9.62 Å². The number of anilines is 1. The monoisotopic (exact) mass is 562 g/mol. The molecule has 6 nitrogen and oxygen atoms in total. The van der Waals surface area contributed by atoms with Crippen LogP contribution in [0, 0.1) is 11.6 Å². The lowest BCUT2D eigenvalue weighted by Gasteiger charge is -2.32. The van der Waals surface area contributed by atoms with E-state index in [0.29, 0.717) is 16.1 Å². The highest BCUT2D eigenvalue weighted by Crippen LogP contribution is 2.37. The van der Waals surface area contributed by atoms with E-state index >= 15 is 4.39 Å². The molecule has 1 aliphatic carbocycles. The standard InChI is InChI=1S/C28H29ClF2N2O4S/c1-19(25-10-6-5-7-20(25)18-37-28(34)32-23-8-3-2-4-9-23)33(27-17-22(30)13-16-26(27)31)38(35,36)24-14-11-21(29)12-15-24/h5-7,10-17,19,23H,2-4,8-9,18H2,1H3,(H,32,34)/t19-/m1/s1. The zero-order chi connectivity index (χ0) is 27.3. The van der Waals surface area contributed by atoms with Crippen molar-refractivity contribution < 1.29 is 26.7 Å². The lowest BCUT2D eigenvalue weighted by Crippen LogP contribution is -2.37. The average Bonchev–Trinajstić information content (AvgIpc) is 2.90. The van der Waals surface area contributed by atoms with Crippen molar-refractivity contribution >= 4 is 33.4 Å². The third-order valence-electron chi connectivity index (χ3n) is 6.66. The van der Waals surface area contributed by atoms with E-state index < -0.39 is 39.5 Å². The molecule has 3 aromatic rings. The van der Waals surface area contributed by atoms with Crippen LogP contribution in [0.5, 0.6) is 0 Å². The fraction of sp³-hybridized carbons (Fsp3) is 0.321. The Bertz CT molecular complexity index is 1380. The summed E-state index contributed by atoms with van der Waals surface area (Å²) in [6.45, 7) is 1.44. The topological polar surface area (TPSA) is 75.7 Å². The van der Waals surface area contributed by atoms with Crippen molar-refractivity contribution in [2.45, 2.75) is 62.6 Å². The van der Waals surface area contributed by atoms with Crippen LogP contribution in [0.2, 0.25) is 5.02 Å². The Hall–Kier alpha value is -3.17. The minimum atomic E-state index is -4.38. The number of amides is 1. The van der Waals surface area contributed by atoms with Crippen LogP contribution in [0.3, 0.4) is 0 Å². The smallest absolute Gasteiger partial charge is 0.407 e. The first-order valence-corrected chi connectivity index (χ1v) is 14.2. The second kappa shape index (κ2) is 12.1. The normalized spacial score (nSPS) is 15.1. The minimum Gasteiger partial charge on any atom is -0.445 e. The maximum absolute atomic E-state index is 15.0. The molecule has 3 aromatic carbocycles. The summed E-state index contributed by atoms with van der Waals surface area (Å²) < 4.78 is 63.2. The van der Waals surface area contributed by atoms with Crippen molar-refractivity contribution in [3.63, 3.8) is 0 Å². The summed E-state index contributed by atoms with van der Waals surface area (Å²) in [5, 5.41) is 3.21. The summed E-state index contributed by atoms with van der Waals surface area (Å²) in [5.41, 5.74) is 0.560. The van der Waals surface area contributed by atoms with Crippen molar-refractivity contribution in [2.75, 3.05) is 4.31 Å². The zero-order valence-corrected chi connectivity index (χ0v) is 22.4. The molecule has 1 amide bonds. The van der Waals surface area contributed by atoms with Gasteiger partial charge in [0.05, 0.1) is 16.6 Å². The van der Waals surface area contributed by atoms with E-state index in [-0.39, 0.29) is 17.5 Å². The van der Waals surface area contributed by atoms with Crippen LogP contribution in [-0.2, 0) is 21.4 Å². The number of sulfonamides is 1. The number of hydrogen-bond donors (Lipinski definition) is 1. The Balaban J connectivity index is 1.67. The van der Waals surface area contributed by atoms with Gasteiger partial charge in [-0.15, -0.1) is 0 Å². The van der Waals surface area contributed by atoms with Crippen molar-refractivity contribution in [2.24, 2.45) is 0 Å². The predicted molar refractivity (Wildman–Crippen MR) is 143 cm³/mol. The van der Waals surface area contributed by atoms with Crippen LogP contribution in [-0.4, -0.2) is 20.6 Å². The van der Waals surface area contributed by atoms with E-state index in [9.17, 15) is 17.6 Å². The van der Waals surface area contributed by atoms with Crippen molar-refractivity contribution in [1.82, 2.24) is 5.32 Å². The molecule has 0 unspecified atom stereocenters. The summed E-state index contributed by atoms with van der Waals surface area (Å²) in [6.07, 6.45) is 4.51. The molecule has 1 fully saturated rings. The molecule has 0 spiro atoms. The van der Waals surface area contributed by atoms with Gasteiger partial charge in [-0.2, -0.15) is 0 Å². The third-order valence-corrected chi connectivity index (χ3v) is 8.81. The number of ether oxygens (including phenoxy) is 1. The molecule has 202 valence electrons. The van der Waals surface area contributed by atoms with Gasteiger partial charge in [-0.1, -0.05) is 55.1 Å². The summed E-state index contributed by atoms with van der Waals surface area (Å²) in [4.78, 5) is 12.3. The number of nitrogens with zero attached hydrogens (tertiary/aromatic N) is 1. The largest absolute Gasteiger partial charge is 0.445 e. The Labute approximate surface area is 226 Å². The fourth-order valence-electron chi connectivity index (χ4n) is 4.72. The second-order valence-corrected chi connectivity index (χ2v) is 11.5. The first kappa shape index (κ1) is 27.9. The molecule has 1 N–H and O–H groups in total. The molecule has 1 atom stereocenters. The number of rotatable bonds is 8. The van der Waals surface area contributed by atoms with E-state index in [0.717, 1.165) is 54.6 Å². The number of benzene rings is 3. The van der Waals surface area contributed by atoms with Gasteiger partial charge in [0, 0.05) is 17.1 Å². The maximum atomic E-state index is 15.0. The minimum absolute atomic E-state index is 0.0707. The highest BCUT2D eigenvalue weighted by atomic mass is 35.5. The summed E-state index contributed by atoms with van der Waals surface area (Å²) >= 11 is 5.94. The Morgan fingerprint density at radius 1 is 1.05 bits per heavy atom. The number of nitrogens with one attached hydrogen (secondary N) is 1. The van der Waals surface area contributed by atoms with E-state index in [1.165, 1.54) is 24.3 Å². The average molecular weight is 563 g/mol. The van der Waals surface area contributed by atoms with Gasteiger partial charge in [-0.05, 0) is 67.3 Å². The van der Waals surface area contributed by atoms with Gasteiger partial charge < -0.3 is 10.1 Å². The van der Waals surface area contributed by atoms with E-state index in [1.807, 2.05) is 0 Å². The molecule has 0 saturated heterocycles. The van der Waals surface area contributed by atoms with Gasteiger partial charge in [-0.25, -0.2) is 22.0 Å². The van der Waals surface area contributed by atoms with Gasteiger partial charge in [0.15, 0.2) is 0 Å². The summed E-state index contributed by atoms with van der Waals surface area (Å²) in [7, 11) is -4.38. The van der Waals surface area contributed by atoms with Crippen LogP contribution in [0.25, 0.3) is 0 Å². The fourth-order valence-corrected chi connectivity index (χ4v) is 6.48. The van der Waals surface area contributed by atoms with Crippen LogP contribution in [0.1, 0.15) is 56.2 Å². The predicted octanol–water partition coefficient (Wildman–Crippen LogP) is 7.13. The van der Waals surface area contributed by atoms with E-state index in [1.54, 1.807) is 31.2 Å². The number of alkyl carbamates (subject to hydrolysis) is 1. The molecule has 4 rings (SSSR count). The molecule has 0 aliphatic heterocycles. The lowest BCUT2D eigenvalue weighted by molar-refractivity contribution is 0.132. The molecule has 1 saturated carbocycles. The maximum Gasteiger partial charge on any atom is 0.407 e. The molecular weight excluding hydrogens is 534 g/mol. The molecule has 38 heavy (non-hydrogen) atoms. The van der Waals surface area contributed by atoms with Gasteiger partial charge in [0.25, 0.3) is 10.0 Å². The van der Waals surface area contributed by atoms with Crippen molar-refractivity contribution in [3.05, 3.63) is 94.5 Å². The van der Waals surface area contributed by atoms with Crippen LogP contribution in [0.15, 0.2) is 71.6 Å². The number of hydrogen-bond acceptors (Lipinski definition) is 4. The Kier molecular flexibility index (Phi) is 8.89. The highest BCUT2D eigenvalue weighted by Gasteiger charge is 2.33. The third kappa shape index (κ3) is 6.45. The molecular formula is C28H29ClF2N2O4S. The van der Waals surface area contributed by atoms with Crippen molar-refractivity contribution in [1.29, 1.82) is 0 Å². The van der Waals surface area contributed by atoms with Gasteiger partial charge in [0.2, 0.25) is 0 Å². The first-order valence-electron chi connectivity index (χ1n) is 12.4. The van der Waals surface area contributed by atoms with Gasteiger partial charge in [0.1, 0.15) is 18.2 Å². The number of carbonyl (C=O) groups excluding carboxylic acids is 1. The second-order valence-electron chi connectivity index (χ2n) is 9.28.